The number of nitrogens with one attached hydrogen (secondary N) is 2. The summed E-state index contributed by atoms with van der Waals surface area (Å²) in [7, 11) is 1.55. The number of nitrogens with zero attached hydrogens (tertiary/aromatic N) is 2. The molecule has 4 rings (SSSR count). The SMILES string of the molecule is COc1ccc2c(c1)C(=O)N(C[C@@]1(C#Cc3cccnc3)NC(O)NC1=O)CC2. The van der Waals surface area contributed by atoms with Gasteiger partial charge < -0.3 is 20.1 Å². The predicted molar refractivity (Wildman–Crippen MR) is 104 cm³/mol. The highest BCUT2D eigenvalue weighted by Gasteiger charge is 2.47. The molecule has 29 heavy (non-hydrogen) atoms. The molecule has 2 amide bonds. The molecule has 8 heteroatoms. The van der Waals surface area contributed by atoms with Crippen LogP contribution in [0.2, 0.25) is 0 Å². The molecule has 1 aromatic carbocycles. The lowest BCUT2D eigenvalue weighted by Gasteiger charge is -2.33. The number of methoxy groups -OCH3 is 1. The predicted octanol–water partition coefficient (Wildman–Crippen LogP) is -0.126. The van der Waals surface area contributed by atoms with Crippen LogP contribution < -0.4 is 15.4 Å². The summed E-state index contributed by atoms with van der Waals surface area (Å²) < 4.78 is 5.23. The van der Waals surface area contributed by atoms with Gasteiger partial charge in [-0.25, -0.2) is 5.32 Å². The van der Waals surface area contributed by atoms with Crippen molar-refractivity contribution in [3.05, 3.63) is 59.4 Å². The number of hydrogen-bond donors (Lipinski definition) is 3. The van der Waals surface area contributed by atoms with Gasteiger partial charge >= 0.3 is 0 Å². The lowest BCUT2D eigenvalue weighted by atomic mass is 9.94. The maximum Gasteiger partial charge on any atom is 0.257 e. The monoisotopic (exact) mass is 392 g/mol. The first kappa shape index (κ1) is 18.9. The standard InChI is InChI=1S/C21H20N4O4/c1-29-16-5-4-15-7-10-25(18(26)17(15)11-16)13-21(19(27)23-20(28)24-21)8-6-14-3-2-9-22-12-14/h2-5,9,11-12,20,24,28H,7,10,13H2,1H3,(H,23,27)/t20?,21-/m1/s1. The van der Waals surface area contributed by atoms with E-state index in [1.54, 1.807) is 42.6 Å². The third-order valence-electron chi connectivity index (χ3n) is 5.03. The molecule has 8 nitrogen and oxygen atoms in total. The van der Waals surface area contributed by atoms with Gasteiger partial charge in [-0.2, -0.15) is 0 Å². The number of ether oxygens (including phenoxy) is 1. The first-order chi connectivity index (χ1) is 14.0. The summed E-state index contributed by atoms with van der Waals surface area (Å²) in [6, 6.07) is 8.92. The second-order valence-corrected chi connectivity index (χ2v) is 6.92. The summed E-state index contributed by atoms with van der Waals surface area (Å²) >= 11 is 0. The molecule has 3 heterocycles. The molecule has 3 N–H and O–H groups in total. The van der Waals surface area contributed by atoms with Crippen LogP contribution in [0.1, 0.15) is 21.5 Å². The van der Waals surface area contributed by atoms with Crippen LogP contribution in [-0.2, 0) is 11.2 Å². The Hall–Kier alpha value is -3.41. The fourth-order valence-corrected chi connectivity index (χ4v) is 3.51. The van der Waals surface area contributed by atoms with Crippen molar-refractivity contribution in [1.29, 1.82) is 0 Å². The Balaban J connectivity index is 1.64. The van der Waals surface area contributed by atoms with Gasteiger partial charge in [-0.15, -0.1) is 0 Å². The highest BCUT2D eigenvalue weighted by Crippen LogP contribution is 2.25. The van der Waals surface area contributed by atoms with E-state index in [0.29, 0.717) is 29.8 Å². The summed E-state index contributed by atoms with van der Waals surface area (Å²) in [6.07, 6.45) is 2.63. The normalized spacial score (nSPS) is 23.1. The van der Waals surface area contributed by atoms with E-state index < -0.39 is 17.8 Å². The van der Waals surface area contributed by atoms with Gasteiger partial charge in [-0.05, 0) is 36.2 Å². The Bertz CT molecular complexity index is 1010. The molecule has 2 aliphatic heterocycles. The fourth-order valence-electron chi connectivity index (χ4n) is 3.51. The first-order valence-corrected chi connectivity index (χ1v) is 9.17. The third-order valence-corrected chi connectivity index (χ3v) is 5.03. The van der Waals surface area contributed by atoms with Gasteiger partial charge in [0.25, 0.3) is 11.8 Å². The zero-order valence-electron chi connectivity index (χ0n) is 15.8. The average Bonchev–Trinajstić information content (AvgIpc) is 3.02. The van der Waals surface area contributed by atoms with Gasteiger partial charge in [0.05, 0.1) is 13.7 Å². The molecule has 1 fully saturated rings. The molecule has 0 radical (unpaired) electrons. The van der Waals surface area contributed by atoms with E-state index >= 15 is 0 Å². The Morgan fingerprint density at radius 3 is 2.93 bits per heavy atom. The molecule has 1 unspecified atom stereocenters. The fraction of sp³-hybridized carbons (Fsp3) is 0.286. The minimum atomic E-state index is -1.43. The van der Waals surface area contributed by atoms with E-state index in [2.05, 4.69) is 27.5 Å². The van der Waals surface area contributed by atoms with Crippen molar-refractivity contribution < 1.29 is 19.4 Å². The Morgan fingerprint density at radius 1 is 1.38 bits per heavy atom. The Kier molecular flexibility index (Phi) is 4.92. The Labute approximate surface area is 167 Å². The summed E-state index contributed by atoms with van der Waals surface area (Å²) in [5.41, 5.74) is 0.681. The van der Waals surface area contributed by atoms with Crippen molar-refractivity contribution in [2.24, 2.45) is 0 Å². The van der Waals surface area contributed by atoms with Crippen molar-refractivity contribution >= 4 is 11.8 Å². The third kappa shape index (κ3) is 3.66. The maximum atomic E-state index is 13.1. The summed E-state index contributed by atoms with van der Waals surface area (Å²) in [5.74, 6) is 5.74. The van der Waals surface area contributed by atoms with Crippen LogP contribution in [0.15, 0.2) is 42.7 Å². The highest BCUT2D eigenvalue weighted by atomic mass is 16.5. The van der Waals surface area contributed by atoms with Gasteiger partial charge in [-0.3, -0.25) is 14.6 Å². The molecule has 0 spiro atoms. The highest BCUT2D eigenvalue weighted by molar-refractivity contribution is 5.99. The second-order valence-electron chi connectivity index (χ2n) is 6.92. The number of fused-ring (bicyclic) bond motifs is 1. The first-order valence-electron chi connectivity index (χ1n) is 9.17. The molecule has 2 aliphatic rings. The summed E-state index contributed by atoms with van der Waals surface area (Å²) in [5, 5.41) is 15.1. The lowest BCUT2D eigenvalue weighted by Crippen LogP contribution is -2.57. The number of aromatic nitrogens is 1. The lowest BCUT2D eigenvalue weighted by molar-refractivity contribution is -0.123. The number of hydrogen-bond acceptors (Lipinski definition) is 6. The van der Waals surface area contributed by atoms with Gasteiger partial charge in [0.15, 0.2) is 11.9 Å². The van der Waals surface area contributed by atoms with E-state index in [9.17, 15) is 14.7 Å². The summed E-state index contributed by atoms with van der Waals surface area (Å²) in [6.45, 7) is 0.443. The van der Waals surface area contributed by atoms with Gasteiger partial charge in [-0.1, -0.05) is 17.9 Å². The largest absolute Gasteiger partial charge is 0.497 e. The quantitative estimate of drug-likeness (QED) is 0.629. The molecule has 0 saturated carbocycles. The maximum absolute atomic E-state index is 13.1. The minimum Gasteiger partial charge on any atom is -0.497 e. The van der Waals surface area contributed by atoms with Crippen LogP contribution in [0.4, 0.5) is 0 Å². The molecule has 2 aromatic rings. The number of rotatable bonds is 3. The smallest absolute Gasteiger partial charge is 0.257 e. The van der Waals surface area contributed by atoms with Crippen LogP contribution >= 0.6 is 0 Å². The average molecular weight is 392 g/mol. The van der Waals surface area contributed by atoms with Crippen LogP contribution in [0.5, 0.6) is 5.75 Å². The minimum absolute atomic E-state index is 0.00135. The number of aliphatic hydroxyl groups is 1. The van der Waals surface area contributed by atoms with Crippen molar-refractivity contribution in [3.8, 4) is 17.6 Å². The number of carbonyl (C=O) groups excluding carboxylic acids is 2. The Morgan fingerprint density at radius 2 is 2.24 bits per heavy atom. The topological polar surface area (TPSA) is 104 Å². The van der Waals surface area contributed by atoms with E-state index in [-0.39, 0.29) is 12.5 Å². The molecule has 0 aliphatic carbocycles. The number of benzene rings is 1. The van der Waals surface area contributed by atoms with Gasteiger partial charge in [0.2, 0.25) is 0 Å². The number of aliphatic hydroxyl groups excluding tert-OH is 1. The van der Waals surface area contributed by atoms with Crippen molar-refractivity contribution in [2.45, 2.75) is 18.3 Å². The van der Waals surface area contributed by atoms with Crippen LogP contribution in [-0.4, -0.2) is 58.9 Å². The molecular formula is C21H20N4O4. The van der Waals surface area contributed by atoms with Gasteiger partial charge in [0, 0.05) is 30.1 Å². The van der Waals surface area contributed by atoms with Crippen LogP contribution in [0, 0.1) is 11.8 Å². The second kappa shape index (κ2) is 7.54. The van der Waals surface area contributed by atoms with Crippen LogP contribution in [0.3, 0.4) is 0 Å². The molecule has 1 saturated heterocycles. The molecular weight excluding hydrogens is 372 g/mol. The van der Waals surface area contributed by atoms with Crippen molar-refractivity contribution in [1.82, 2.24) is 20.5 Å². The number of carbonyl (C=O) groups is 2. The molecule has 0 bridgehead atoms. The van der Waals surface area contributed by atoms with E-state index in [0.717, 1.165) is 5.56 Å². The number of pyridine rings is 1. The van der Waals surface area contributed by atoms with Crippen molar-refractivity contribution in [2.75, 3.05) is 20.2 Å². The van der Waals surface area contributed by atoms with Crippen LogP contribution in [0.25, 0.3) is 0 Å². The zero-order chi connectivity index (χ0) is 20.4. The van der Waals surface area contributed by atoms with E-state index in [1.807, 2.05) is 12.1 Å². The van der Waals surface area contributed by atoms with Crippen molar-refractivity contribution in [3.63, 3.8) is 0 Å². The molecule has 1 aromatic heterocycles. The number of amides is 2. The molecule has 148 valence electrons. The van der Waals surface area contributed by atoms with E-state index in [1.165, 1.54) is 0 Å². The summed E-state index contributed by atoms with van der Waals surface area (Å²) in [4.78, 5) is 31.3. The molecule has 2 atom stereocenters. The van der Waals surface area contributed by atoms with Gasteiger partial charge in [0.1, 0.15) is 5.75 Å². The van der Waals surface area contributed by atoms with E-state index in [4.69, 9.17) is 4.74 Å². The zero-order valence-corrected chi connectivity index (χ0v) is 15.8.